The number of sulfonamides is 1. The molecule has 1 N–H and O–H groups in total. The zero-order valence-electron chi connectivity index (χ0n) is 11.7. The molecule has 0 fully saturated rings. The minimum atomic E-state index is -3.25. The first-order chi connectivity index (χ1) is 9.50. The first-order valence-electron chi connectivity index (χ1n) is 6.62. The fourth-order valence-corrected chi connectivity index (χ4v) is 2.61. The average Bonchev–Trinajstić information content (AvgIpc) is 2.46. The Bertz CT molecular complexity index is 664. The van der Waals surface area contributed by atoms with E-state index in [0.717, 1.165) is 16.7 Å². The van der Waals surface area contributed by atoms with Crippen molar-refractivity contribution >= 4 is 10.0 Å². The maximum Gasteiger partial charge on any atom is 0.214 e. The van der Waals surface area contributed by atoms with Crippen molar-refractivity contribution in [3.8, 4) is 11.1 Å². The van der Waals surface area contributed by atoms with Gasteiger partial charge in [-0.3, -0.25) is 0 Å². The number of nitrogens with one attached hydrogen (secondary N) is 1. The normalized spacial score (nSPS) is 11.8. The molecule has 20 heavy (non-hydrogen) atoms. The van der Waals surface area contributed by atoms with Crippen LogP contribution in [0.3, 0.4) is 0 Å². The summed E-state index contributed by atoms with van der Waals surface area (Å²) in [6.45, 7) is 3.66. The molecule has 4 heteroatoms. The van der Waals surface area contributed by atoms with Crippen molar-refractivity contribution in [2.45, 2.75) is 25.6 Å². The molecule has 0 aliphatic heterocycles. The quantitative estimate of drug-likeness (QED) is 0.919. The minimum absolute atomic E-state index is 0.311. The minimum Gasteiger partial charge on any atom is -0.212 e. The summed E-state index contributed by atoms with van der Waals surface area (Å²) in [5, 5.41) is -0.425. The van der Waals surface area contributed by atoms with Gasteiger partial charge in [-0.1, -0.05) is 54.6 Å². The van der Waals surface area contributed by atoms with Crippen LogP contribution in [-0.4, -0.2) is 13.7 Å². The molecule has 0 aliphatic rings. The zero-order chi connectivity index (χ0) is 14.6. The van der Waals surface area contributed by atoms with E-state index in [1.165, 1.54) is 0 Å². The molecule has 0 atom stereocenters. The van der Waals surface area contributed by atoms with Crippen LogP contribution in [0.1, 0.15) is 19.4 Å². The Morgan fingerprint density at radius 2 is 1.55 bits per heavy atom. The lowest BCUT2D eigenvalue weighted by atomic mass is 10.00. The highest BCUT2D eigenvalue weighted by Crippen LogP contribution is 2.23. The van der Waals surface area contributed by atoms with Crippen LogP contribution in [0.5, 0.6) is 0 Å². The van der Waals surface area contributed by atoms with Gasteiger partial charge in [0.2, 0.25) is 10.0 Å². The smallest absolute Gasteiger partial charge is 0.212 e. The number of rotatable bonds is 5. The van der Waals surface area contributed by atoms with Crippen molar-refractivity contribution in [1.82, 2.24) is 4.72 Å². The Balaban J connectivity index is 2.26. The Morgan fingerprint density at radius 3 is 2.20 bits per heavy atom. The first-order valence-corrected chi connectivity index (χ1v) is 8.17. The van der Waals surface area contributed by atoms with Gasteiger partial charge in [0.25, 0.3) is 0 Å². The topological polar surface area (TPSA) is 46.2 Å². The van der Waals surface area contributed by atoms with Gasteiger partial charge in [-0.2, -0.15) is 0 Å². The Labute approximate surface area is 120 Å². The summed E-state index contributed by atoms with van der Waals surface area (Å²) in [6.07, 6.45) is 0. The van der Waals surface area contributed by atoms with E-state index in [2.05, 4.69) is 4.72 Å². The fraction of sp³-hybridized carbons (Fsp3) is 0.250. The van der Waals surface area contributed by atoms with Gasteiger partial charge < -0.3 is 0 Å². The highest BCUT2D eigenvalue weighted by Gasteiger charge is 2.15. The lowest BCUT2D eigenvalue weighted by molar-refractivity contribution is 0.572. The van der Waals surface area contributed by atoms with Crippen LogP contribution in [-0.2, 0) is 16.6 Å². The standard InChI is InChI=1S/C16H19NO2S/c1-13(2)20(18,19)17-12-15-10-6-7-11-16(15)14-8-4-3-5-9-14/h3-11,13,17H,12H2,1-2H3. The van der Waals surface area contributed by atoms with E-state index in [9.17, 15) is 8.42 Å². The molecule has 0 bridgehead atoms. The van der Waals surface area contributed by atoms with Crippen LogP contribution in [0.15, 0.2) is 54.6 Å². The van der Waals surface area contributed by atoms with Gasteiger partial charge in [-0.15, -0.1) is 0 Å². The van der Waals surface area contributed by atoms with Gasteiger partial charge in [0.15, 0.2) is 0 Å². The van der Waals surface area contributed by atoms with Gasteiger partial charge in [0.1, 0.15) is 0 Å². The monoisotopic (exact) mass is 289 g/mol. The summed E-state index contributed by atoms with van der Waals surface area (Å²) in [6, 6.07) is 17.8. The number of hydrogen-bond donors (Lipinski definition) is 1. The zero-order valence-corrected chi connectivity index (χ0v) is 12.5. The van der Waals surface area contributed by atoms with Gasteiger partial charge in [0, 0.05) is 6.54 Å². The second-order valence-electron chi connectivity index (χ2n) is 4.94. The third kappa shape index (κ3) is 3.46. The van der Waals surface area contributed by atoms with Crippen molar-refractivity contribution in [2.24, 2.45) is 0 Å². The highest BCUT2D eigenvalue weighted by atomic mass is 32.2. The maximum absolute atomic E-state index is 11.8. The molecule has 0 aromatic heterocycles. The van der Waals surface area contributed by atoms with E-state index in [0.29, 0.717) is 6.54 Å². The molecule has 3 nitrogen and oxygen atoms in total. The predicted octanol–water partition coefficient (Wildman–Crippen LogP) is 3.18. The molecular formula is C16H19NO2S. The van der Waals surface area contributed by atoms with Crippen molar-refractivity contribution < 1.29 is 8.42 Å². The average molecular weight is 289 g/mol. The summed E-state index contributed by atoms with van der Waals surface area (Å²) < 4.78 is 26.3. The Hall–Kier alpha value is -1.65. The summed E-state index contributed by atoms with van der Waals surface area (Å²) in [5.41, 5.74) is 3.12. The summed E-state index contributed by atoms with van der Waals surface area (Å²) in [7, 11) is -3.25. The van der Waals surface area contributed by atoms with Crippen LogP contribution in [0.25, 0.3) is 11.1 Å². The van der Waals surface area contributed by atoms with E-state index in [-0.39, 0.29) is 0 Å². The van der Waals surface area contributed by atoms with Crippen molar-refractivity contribution in [2.75, 3.05) is 0 Å². The summed E-state index contributed by atoms with van der Waals surface area (Å²) in [5.74, 6) is 0. The van der Waals surface area contributed by atoms with Crippen LogP contribution >= 0.6 is 0 Å². The van der Waals surface area contributed by atoms with Crippen LogP contribution in [0, 0.1) is 0 Å². The Kier molecular flexibility index (Phi) is 4.57. The summed E-state index contributed by atoms with van der Waals surface area (Å²) in [4.78, 5) is 0. The van der Waals surface area contributed by atoms with Crippen LogP contribution < -0.4 is 4.72 Å². The molecule has 2 rings (SSSR count). The van der Waals surface area contributed by atoms with Gasteiger partial charge in [-0.05, 0) is 30.5 Å². The van der Waals surface area contributed by atoms with Crippen LogP contribution in [0.2, 0.25) is 0 Å². The van der Waals surface area contributed by atoms with E-state index >= 15 is 0 Å². The third-order valence-electron chi connectivity index (χ3n) is 3.19. The lowest BCUT2D eigenvalue weighted by Gasteiger charge is -2.13. The molecule has 0 radical (unpaired) electrons. The molecule has 0 saturated carbocycles. The molecular weight excluding hydrogens is 270 g/mol. The van der Waals surface area contributed by atoms with Crippen molar-refractivity contribution in [3.63, 3.8) is 0 Å². The lowest BCUT2D eigenvalue weighted by Crippen LogP contribution is -2.30. The van der Waals surface area contributed by atoms with Gasteiger partial charge in [0.05, 0.1) is 5.25 Å². The largest absolute Gasteiger partial charge is 0.214 e. The van der Waals surface area contributed by atoms with Crippen LogP contribution in [0.4, 0.5) is 0 Å². The van der Waals surface area contributed by atoms with Crippen molar-refractivity contribution in [3.05, 3.63) is 60.2 Å². The molecule has 0 heterocycles. The fourth-order valence-electron chi connectivity index (χ4n) is 1.92. The Morgan fingerprint density at radius 1 is 0.950 bits per heavy atom. The molecule has 0 saturated heterocycles. The molecule has 2 aromatic rings. The number of benzene rings is 2. The SMILES string of the molecule is CC(C)S(=O)(=O)NCc1ccccc1-c1ccccc1. The highest BCUT2D eigenvalue weighted by molar-refractivity contribution is 7.90. The first kappa shape index (κ1) is 14.8. The van der Waals surface area contributed by atoms with E-state index in [1.807, 2.05) is 54.6 Å². The van der Waals surface area contributed by atoms with Crippen molar-refractivity contribution in [1.29, 1.82) is 0 Å². The summed E-state index contributed by atoms with van der Waals surface area (Å²) >= 11 is 0. The van der Waals surface area contributed by atoms with Gasteiger partial charge in [-0.25, -0.2) is 13.1 Å². The second kappa shape index (κ2) is 6.20. The molecule has 106 valence electrons. The molecule has 0 unspecified atom stereocenters. The van der Waals surface area contributed by atoms with Gasteiger partial charge >= 0.3 is 0 Å². The van der Waals surface area contributed by atoms with E-state index < -0.39 is 15.3 Å². The maximum atomic E-state index is 11.8. The second-order valence-corrected chi connectivity index (χ2v) is 7.26. The number of hydrogen-bond acceptors (Lipinski definition) is 2. The predicted molar refractivity (Wildman–Crippen MR) is 82.8 cm³/mol. The molecule has 0 aliphatic carbocycles. The molecule has 0 spiro atoms. The molecule has 2 aromatic carbocycles. The third-order valence-corrected chi connectivity index (χ3v) is 4.97. The van der Waals surface area contributed by atoms with E-state index in [1.54, 1.807) is 13.8 Å². The molecule has 0 amide bonds. The van der Waals surface area contributed by atoms with E-state index in [4.69, 9.17) is 0 Å².